The highest BCUT2D eigenvalue weighted by Crippen LogP contribution is 2.25. The summed E-state index contributed by atoms with van der Waals surface area (Å²) in [6.45, 7) is 1.20. The van der Waals surface area contributed by atoms with Gasteiger partial charge in [-0.15, -0.1) is 16.9 Å². The number of amides is 1. The van der Waals surface area contributed by atoms with Crippen molar-refractivity contribution in [3.63, 3.8) is 0 Å². The molecule has 2 aromatic rings. The van der Waals surface area contributed by atoms with Gasteiger partial charge in [0.1, 0.15) is 0 Å². The first-order valence-electron chi connectivity index (χ1n) is 8.00. The van der Waals surface area contributed by atoms with Gasteiger partial charge in [-0.05, 0) is 31.2 Å². The molecule has 25 heavy (non-hydrogen) atoms. The summed E-state index contributed by atoms with van der Waals surface area (Å²) in [5, 5.41) is 9.88. The number of nitrogens with zero attached hydrogens (tertiary/aromatic N) is 2. The van der Waals surface area contributed by atoms with E-state index < -0.39 is 0 Å². The molecule has 3 rings (SSSR count). The van der Waals surface area contributed by atoms with E-state index in [1.165, 1.54) is 11.8 Å². The number of nitrogens with one attached hydrogen (secondary N) is 2. The number of rotatable bonds is 7. The van der Waals surface area contributed by atoms with Crippen LogP contribution in [0, 0.1) is 0 Å². The fraction of sp³-hybridized carbons (Fsp3) is 0.438. The third-order valence-electron chi connectivity index (χ3n) is 3.85. The number of hydrogen-bond donors (Lipinski definition) is 2. The van der Waals surface area contributed by atoms with Crippen LogP contribution in [-0.2, 0) is 16.1 Å². The smallest absolute Gasteiger partial charge is 0.344 e. The molecule has 1 saturated heterocycles. The van der Waals surface area contributed by atoms with Crippen molar-refractivity contribution < 1.29 is 9.53 Å². The Morgan fingerprint density at radius 3 is 3.08 bits per heavy atom. The molecular formula is C16H20N4O3S2. The molecule has 2 heterocycles. The Bertz CT molecular complexity index is 784. The molecule has 1 aliphatic heterocycles. The maximum Gasteiger partial charge on any atom is 0.344 e. The Morgan fingerprint density at radius 1 is 1.48 bits per heavy atom. The second-order valence-electron chi connectivity index (χ2n) is 5.59. The first kappa shape index (κ1) is 18.1. The largest absolute Gasteiger partial charge is 0.376 e. The first-order chi connectivity index (χ1) is 12.2. The van der Waals surface area contributed by atoms with Crippen LogP contribution in [0.5, 0.6) is 0 Å². The number of carbonyl (C=O) groups excluding carboxylic acids is 1. The van der Waals surface area contributed by atoms with Gasteiger partial charge in [0.25, 0.3) is 0 Å². The topological polar surface area (TPSA) is 89.0 Å². The second-order valence-corrected chi connectivity index (χ2v) is 7.38. The summed E-state index contributed by atoms with van der Waals surface area (Å²) in [7, 11) is 0. The first-order valence-corrected chi connectivity index (χ1v) is 10.2. The predicted octanol–water partition coefficient (Wildman–Crippen LogP) is 2.20. The van der Waals surface area contributed by atoms with Gasteiger partial charge < -0.3 is 10.1 Å². The summed E-state index contributed by atoms with van der Waals surface area (Å²) in [5.74, 6) is 0.0454. The summed E-state index contributed by atoms with van der Waals surface area (Å²) in [6.07, 6.45) is 3.95. The molecule has 0 spiro atoms. The molecule has 134 valence electrons. The van der Waals surface area contributed by atoms with Gasteiger partial charge in [-0.3, -0.25) is 9.36 Å². The molecule has 1 aromatic carbocycles. The molecule has 0 unspecified atom stereocenters. The molecule has 0 aliphatic carbocycles. The van der Waals surface area contributed by atoms with Gasteiger partial charge in [-0.1, -0.05) is 23.9 Å². The van der Waals surface area contributed by atoms with Crippen LogP contribution in [0.3, 0.4) is 0 Å². The summed E-state index contributed by atoms with van der Waals surface area (Å²) in [6, 6.07) is 7.65. The van der Waals surface area contributed by atoms with E-state index in [4.69, 9.17) is 4.74 Å². The fourth-order valence-corrected chi connectivity index (χ4v) is 3.94. The van der Waals surface area contributed by atoms with Crippen molar-refractivity contribution >= 4 is 35.1 Å². The molecule has 1 aromatic heterocycles. The molecule has 1 amide bonds. The number of H-pyrrole nitrogens is 1. The molecule has 9 heteroatoms. The van der Waals surface area contributed by atoms with Crippen LogP contribution in [0.2, 0.25) is 0 Å². The Kier molecular flexibility index (Phi) is 6.22. The Labute approximate surface area is 153 Å². The van der Waals surface area contributed by atoms with Crippen molar-refractivity contribution in [2.24, 2.45) is 0 Å². The lowest BCUT2D eigenvalue weighted by molar-refractivity contribution is -0.113. The van der Waals surface area contributed by atoms with Crippen molar-refractivity contribution in [2.45, 2.75) is 35.5 Å². The second kappa shape index (κ2) is 8.59. The minimum Gasteiger partial charge on any atom is -0.376 e. The molecule has 2 N–H and O–H groups in total. The maximum absolute atomic E-state index is 12.2. The zero-order chi connectivity index (χ0) is 17.6. The van der Waals surface area contributed by atoms with Gasteiger partial charge in [-0.25, -0.2) is 9.89 Å². The maximum atomic E-state index is 12.2. The van der Waals surface area contributed by atoms with Crippen molar-refractivity contribution in [1.82, 2.24) is 14.8 Å². The molecule has 7 nitrogen and oxygen atoms in total. The quantitative estimate of drug-likeness (QED) is 0.716. The molecule has 0 saturated carbocycles. The number of hydrogen-bond acceptors (Lipinski definition) is 6. The third kappa shape index (κ3) is 4.68. The SMILES string of the molecule is CSc1ccccc1NC(=O)CSc1n[nH]c(=O)n1C[C@@H]1CCCO1. The monoisotopic (exact) mass is 380 g/mol. The molecule has 1 fully saturated rings. The summed E-state index contributed by atoms with van der Waals surface area (Å²) in [4.78, 5) is 25.2. The average molecular weight is 380 g/mol. The Balaban J connectivity index is 1.59. The van der Waals surface area contributed by atoms with E-state index in [2.05, 4.69) is 15.5 Å². The minimum absolute atomic E-state index is 0.0388. The highest BCUT2D eigenvalue weighted by atomic mass is 32.2. The van der Waals surface area contributed by atoms with Gasteiger partial charge in [0.05, 0.1) is 24.1 Å². The van der Waals surface area contributed by atoms with E-state index in [0.717, 1.165) is 30.0 Å². The molecule has 0 bridgehead atoms. The standard InChI is InChI=1S/C16H20N4O3S2/c1-24-13-7-3-2-6-12(13)17-14(21)10-25-16-19-18-15(22)20(16)9-11-5-4-8-23-11/h2-3,6-7,11H,4-5,8-10H2,1H3,(H,17,21)(H,18,22)/t11-/m0/s1. The van der Waals surface area contributed by atoms with E-state index in [1.54, 1.807) is 16.3 Å². The number of thioether (sulfide) groups is 2. The van der Waals surface area contributed by atoms with Crippen molar-refractivity contribution in [3.05, 3.63) is 34.7 Å². The zero-order valence-electron chi connectivity index (χ0n) is 13.9. The van der Waals surface area contributed by atoms with Crippen LogP contribution in [0.1, 0.15) is 12.8 Å². The summed E-state index contributed by atoms with van der Waals surface area (Å²) < 4.78 is 7.12. The lowest BCUT2D eigenvalue weighted by Gasteiger charge is -2.11. The van der Waals surface area contributed by atoms with Crippen molar-refractivity contribution in [2.75, 3.05) is 23.9 Å². The average Bonchev–Trinajstić information content (AvgIpc) is 3.25. The minimum atomic E-state index is -0.272. The van der Waals surface area contributed by atoms with Crippen LogP contribution in [-0.4, -0.2) is 45.4 Å². The lowest BCUT2D eigenvalue weighted by atomic mass is 10.2. The van der Waals surface area contributed by atoms with Crippen LogP contribution < -0.4 is 11.0 Å². The highest BCUT2D eigenvalue weighted by Gasteiger charge is 2.20. The fourth-order valence-electron chi connectivity index (χ4n) is 2.63. The van der Waals surface area contributed by atoms with Gasteiger partial charge in [0.15, 0.2) is 5.16 Å². The normalized spacial score (nSPS) is 16.9. The van der Waals surface area contributed by atoms with Crippen LogP contribution in [0.25, 0.3) is 0 Å². The highest BCUT2D eigenvalue weighted by molar-refractivity contribution is 7.99. The van der Waals surface area contributed by atoms with Crippen LogP contribution >= 0.6 is 23.5 Å². The van der Waals surface area contributed by atoms with Gasteiger partial charge in [0.2, 0.25) is 5.91 Å². The van der Waals surface area contributed by atoms with Gasteiger partial charge >= 0.3 is 5.69 Å². The van der Waals surface area contributed by atoms with E-state index in [9.17, 15) is 9.59 Å². The van der Waals surface area contributed by atoms with E-state index in [-0.39, 0.29) is 23.5 Å². The number of anilines is 1. The van der Waals surface area contributed by atoms with Crippen molar-refractivity contribution in [1.29, 1.82) is 0 Å². The van der Waals surface area contributed by atoms with Gasteiger partial charge in [0, 0.05) is 11.5 Å². The Hall–Kier alpha value is -1.71. The predicted molar refractivity (Wildman–Crippen MR) is 99.4 cm³/mol. The summed E-state index contributed by atoms with van der Waals surface area (Å²) in [5.41, 5.74) is 0.519. The third-order valence-corrected chi connectivity index (χ3v) is 5.62. The number of ether oxygens (including phenoxy) is 1. The molecule has 0 radical (unpaired) electrons. The number of aromatic nitrogens is 3. The van der Waals surface area contributed by atoms with Crippen LogP contribution in [0.4, 0.5) is 5.69 Å². The molecule has 1 aliphatic rings. The van der Waals surface area contributed by atoms with E-state index in [1.807, 2.05) is 30.5 Å². The lowest BCUT2D eigenvalue weighted by Crippen LogP contribution is -2.25. The number of para-hydroxylation sites is 1. The van der Waals surface area contributed by atoms with Crippen molar-refractivity contribution in [3.8, 4) is 0 Å². The molecule has 1 atom stereocenters. The number of benzene rings is 1. The summed E-state index contributed by atoms with van der Waals surface area (Å²) >= 11 is 2.82. The number of aromatic amines is 1. The zero-order valence-corrected chi connectivity index (χ0v) is 15.5. The number of carbonyl (C=O) groups is 1. The molecular weight excluding hydrogens is 360 g/mol. The van der Waals surface area contributed by atoms with E-state index >= 15 is 0 Å². The Morgan fingerprint density at radius 2 is 2.32 bits per heavy atom. The van der Waals surface area contributed by atoms with Crippen LogP contribution in [0.15, 0.2) is 39.1 Å². The van der Waals surface area contributed by atoms with Gasteiger partial charge in [-0.2, -0.15) is 0 Å². The van der Waals surface area contributed by atoms with E-state index in [0.29, 0.717) is 11.7 Å².